The molecule has 4 nitrogen and oxygen atoms in total. The second-order valence-electron chi connectivity index (χ2n) is 5.55. The van der Waals surface area contributed by atoms with E-state index >= 15 is 0 Å². The van der Waals surface area contributed by atoms with Gasteiger partial charge in [0, 0.05) is 17.1 Å². The molecule has 0 saturated heterocycles. The summed E-state index contributed by atoms with van der Waals surface area (Å²) in [5, 5.41) is 4.03. The van der Waals surface area contributed by atoms with Crippen molar-refractivity contribution in [3.8, 4) is 11.5 Å². The van der Waals surface area contributed by atoms with Crippen LogP contribution in [0.3, 0.4) is 0 Å². The maximum absolute atomic E-state index is 6.16. The molecule has 0 unspecified atom stereocenters. The highest BCUT2D eigenvalue weighted by Crippen LogP contribution is 2.29. The molecule has 1 aromatic heterocycles. The molecule has 1 heterocycles. The van der Waals surface area contributed by atoms with Crippen molar-refractivity contribution in [1.29, 1.82) is 0 Å². The lowest BCUT2D eigenvalue weighted by molar-refractivity contribution is 0.284. The van der Waals surface area contributed by atoms with E-state index in [1.54, 1.807) is 13.4 Å². The molecule has 0 amide bonds. The van der Waals surface area contributed by atoms with Gasteiger partial charge in [0.05, 0.1) is 19.9 Å². The maximum Gasteiger partial charge on any atom is 0.161 e. The number of hydrogen-bond donors (Lipinski definition) is 1. The van der Waals surface area contributed by atoms with Gasteiger partial charge in [0.15, 0.2) is 11.5 Å². The second-order valence-corrected chi connectivity index (χ2v) is 5.96. The second kappa shape index (κ2) is 10.1. The average molecular weight is 394 g/mol. The Labute approximate surface area is 164 Å². The van der Waals surface area contributed by atoms with Crippen LogP contribution in [0.2, 0.25) is 5.02 Å². The quantitative estimate of drug-likeness (QED) is 0.568. The molecule has 3 rings (SSSR count). The minimum absolute atomic E-state index is 0. The third kappa shape index (κ3) is 5.43. The van der Waals surface area contributed by atoms with E-state index in [9.17, 15) is 0 Å². The molecule has 0 atom stereocenters. The Morgan fingerprint density at radius 3 is 2.58 bits per heavy atom. The van der Waals surface area contributed by atoms with E-state index in [4.69, 9.17) is 25.5 Å². The Bertz CT molecular complexity index is 807. The number of ether oxygens (including phenoxy) is 2. The highest BCUT2D eigenvalue weighted by atomic mass is 35.5. The van der Waals surface area contributed by atoms with Crippen molar-refractivity contribution in [2.45, 2.75) is 19.7 Å². The summed E-state index contributed by atoms with van der Waals surface area (Å²) < 4.78 is 16.6. The van der Waals surface area contributed by atoms with Crippen LogP contribution in [0, 0.1) is 0 Å². The van der Waals surface area contributed by atoms with E-state index < -0.39 is 0 Å². The molecule has 0 saturated carbocycles. The first-order valence-corrected chi connectivity index (χ1v) is 8.40. The van der Waals surface area contributed by atoms with Crippen LogP contribution in [0.1, 0.15) is 16.9 Å². The van der Waals surface area contributed by atoms with Gasteiger partial charge in [0.2, 0.25) is 0 Å². The minimum Gasteiger partial charge on any atom is -0.493 e. The highest BCUT2D eigenvalue weighted by molar-refractivity contribution is 6.31. The number of rotatable bonds is 8. The summed E-state index contributed by atoms with van der Waals surface area (Å²) in [6, 6.07) is 17.4. The number of methoxy groups -OCH3 is 1. The molecule has 138 valence electrons. The third-order valence-electron chi connectivity index (χ3n) is 3.78. The highest BCUT2D eigenvalue weighted by Gasteiger charge is 2.08. The van der Waals surface area contributed by atoms with Gasteiger partial charge in [0.1, 0.15) is 12.4 Å². The Morgan fingerprint density at radius 1 is 1.00 bits per heavy atom. The molecule has 1 N–H and O–H groups in total. The maximum atomic E-state index is 6.16. The zero-order chi connectivity index (χ0) is 17.5. The van der Waals surface area contributed by atoms with Crippen molar-refractivity contribution in [1.82, 2.24) is 5.32 Å². The van der Waals surface area contributed by atoms with Crippen molar-refractivity contribution in [3.63, 3.8) is 0 Å². The van der Waals surface area contributed by atoms with Gasteiger partial charge in [-0.2, -0.15) is 0 Å². The van der Waals surface area contributed by atoms with Gasteiger partial charge >= 0.3 is 0 Å². The minimum atomic E-state index is 0. The lowest BCUT2D eigenvalue weighted by atomic mass is 10.2. The summed E-state index contributed by atoms with van der Waals surface area (Å²) >= 11 is 6.16. The van der Waals surface area contributed by atoms with E-state index in [2.05, 4.69) is 5.32 Å². The molecule has 6 heteroatoms. The van der Waals surface area contributed by atoms with E-state index in [-0.39, 0.29) is 12.4 Å². The Kier molecular flexibility index (Phi) is 7.85. The fourth-order valence-corrected chi connectivity index (χ4v) is 2.65. The van der Waals surface area contributed by atoms with Crippen LogP contribution >= 0.6 is 24.0 Å². The summed E-state index contributed by atoms with van der Waals surface area (Å²) in [5.41, 5.74) is 2.05. The molecule has 0 fully saturated rings. The number of benzene rings is 2. The van der Waals surface area contributed by atoms with Gasteiger partial charge < -0.3 is 19.2 Å². The van der Waals surface area contributed by atoms with Crippen molar-refractivity contribution in [2.75, 3.05) is 7.11 Å². The Hall–Kier alpha value is -2.14. The topological polar surface area (TPSA) is 43.6 Å². The van der Waals surface area contributed by atoms with Crippen LogP contribution in [0.15, 0.2) is 65.3 Å². The standard InChI is InChI=1S/C20H20ClNO3.ClH/c1-23-20-11-15(12-22-13-17-6-4-10-24-17)8-9-19(20)25-14-16-5-2-3-7-18(16)21;/h2-11,22H,12-14H2,1H3;1H. The van der Waals surface area contributed by atoms with Gasteiger partial charge in [-0.25, -0.2) is 0 Å². The van der Waals surface area contributed by atoms with Crippen LogP contribution in [0.4, 0.5) is 0 Å². The van der Waals surface area contributed by atoms with E-state index in [0.717, 1.165) is 16.9 Å². The van der Waals surface area contributed by atoms with E-state index in [1.165, 1.54) is 0 Å². The van der Waals surface area contributed by atoms with Crippen LogP contribution in [0.25, 0.3) is 0 Å². The largest absolute Gasteiger partial charge is 0.493 e. The molecular formula is C20H21Cl2NO3. The first-order chi connectivity index (χ1) is 12.3. The zero-order valence-electron chi connectivity index (χ0n) is 14.4. The molecule has 0 spiro atoms. The summed E-state index contributed by atoms with van der Waals surface area (Å²) in [4.78, 5) is 0. The Balaban J connectivity index is 0.00000243. The van der Waals surface area contributed by atoms with Crippen molar-refractivity contribution < 1.29 is 13.9 Å². The summed E-state index contributed by atoms with van der Waals surface area (Å²) in [7, 11) is 1.64. The van der Waals surface area contributed by atoms with E-state index in [1.807, 2.05) is 54.6 Å². The van der Waals surface area contributed by atoms with Crippen molar-refractivity contribution in [3.05, 3.63) is 82.8 Å². The third-order valence-corrected chi connectivity index (χ3v) is 4.15. The van der Waals surface area contributed by atoms with Crippen molar-refractivity contribution >= 4 is 24.0 Å². The average Bonchev–Trinajstić information content (AvgIpc) is 3.15. The van der Waals surface area contributed by atoms with Gasteiger partial charge in [-0.1, -0.05) is 35.9 Å². The number of furan rings is 1. The van der Waals surface area contributed by atoms with Gasteiger partial charge in [-0.05, 0) is 35.9 Å². The molecular weight excluding hydrogens is 373 g/mol. The van der Waals surface area contributed by atoms with Crippen LogP contribution in [-0.4, -0.2) is 7.11 Å². The van der Waals surface area contributed by atoms with Gasteiger partial charge in [-0.3, -0.25) is 0 Å². The zero-order valence-corrected chi connectivity index (χ0v) is 16.0. The molecule has 0 bridgehead atoms. The van der Waals surface area contributed by atoms with Crippen LogP contribution in [-0.2, 0) is 19.7 Å². The van der Waals surface area contributed by atoms with Gasteiger partial charge in [-0.15, -0.1) is 12.4 Å². The predicted octanol–water partition coefficient (Wildman–Crippen LogP) is 5.23. The lowest BCUT2D eigenvalue weighted by Crippen LogP contribution is -2.12. The lowest BCUT2D eigenvalue weighted by Gasteiger charge is -2.13. The predicted molar refractivity (Wildman–Crippen MR) is 105 cm³/mol. The summed E-state index contributed by atoms with van der Waals surface area (Å²) in [6.45, 7) is 1.79. The first-order valence-electron chi connectivity index (χ1n) is 8.02. The molecule has 0 aliphatic rings. The monoisotopic (exact) mass is 393 g/mol. The smallest absolute Gasteiger partial charge is 0.161 e. The fraction of sp³-hybridized carbons (Fsp3) is 0.200. The summed E-state index contributed by atoms with van der Waals surface area (Å²) in [5.74, 6) is 2.30. The van der Waals surface area contributed by atoms with Crippen LogP contribution < -0.4 is 14.8 Å². The van der Waals surface area contributed by atoms with Gasteiger partial charge in [0.25, 0.3) is 0 Å². The van der Waals surface area contributed by atoms with Crippen LogP contribution in [0.5, 0.6) is 11.5 Å². The summed E-state index contributed by atoms with van der Waals surface area (Å²) in [6.07, 6.45) is 1.67. The molecule has 0 aliphatic carbocycles. The molecule has 0 aliphatic heterocycles. The Morgan fingerprint density at radius 2 is 1.85 bits per heavy atom. The SMILES string of the molecule is COc1cc(CNCc2ccco2)ccc1OCc1ccccc1Cl.Cl. The normalized spacial score (nSPS) is 10.2. The fourth-order valence-electron chi connectivity index (χ4n) is 2.46. The molecule has 3 aromatic rings. The first kappa shape index (κ1) is 20.2. The molecule has 26 heavy (non-hydrogen) atoms. The number of halogens is 2. The number of nitrogens with one attached hydrogen (secondary N) is 1. The van der Waals surface area contributed by atoms with E-state index in [0.29, 0.717) is 36.2 Å². The molecule has 0 radical (unpaired) electrons. The molecule has 2 aromatic carbocycles. The number of hydrogen-bond acceptors (Lipinski definition) is 4. The van der Waals surface area contributed by atoms with Crippen molar-refractivity contribution in [2.24, 2.45) is 0 Å².